The molecule has 0 bridgehead atoms. The number of fused-ring (bicyclic) bond motifs is 3. The molecule has 0 aromatic rings. The van der Waals surface area contributed by atoms with E-state index >= 15 is 0 Å². The Kier molecular flexibility index (Phi) is 4.30. The molecule has 0 radical (unpaired) electrons. The van der Waals surface area contributed by atoms with Crippen LogP contribution in [0.5, 0.6) is 0 Å². The van der Waals surface area contributed by atoms with Gasteiger partial charge in [-0.05, 0) is 70.1 Å². The zero-order valence-corrected chi connectivity index (χ0v) is 15.9. The molecule has 0 unspecified atom stereocenters. The zero-order chi connectivity index (χ0) is 17.9. The number of ether oxygens (including phenoxy) is 1. The van der Waals surface area contributed by atoms with Gasteiger partial charge < -0.3 is 14.9 Å². The first-order valence-electron chi connectivity index (χ1n) is 9.37. The maximum Gasteiger partial charge on any atom is 0.0812 e. The van der Waals surface area contributed by atoms with Gasteiger partial charge in [0.05, 0.1) is 17.3 Å². The summed E-state index contributed by atoms with van der Waals surface area (Å²) in [4.78, 5) is 0. The van der Waals surface area contributed by atoms with Gasteiger partial charge in [0.15, 0.2) is 0 Å². The van der Waals surface area contributed by atoms with E-state index in [1.54, 1.807) is 21.0 Å². The second kappa shape index (κ2) is 5.69. The van der Waals surface area contributed by atoms with Crippen LogP contribution in [0.2, 0.25) is 0 Å². The second-order valence-corrected chi connectivity index (χ2v) is 9.39. The first kappa shape index (κ1) is 18.2. The molecule has 3 aliphatic rings. The normalized spacial score (nSPS) is 46.5. The van der Waals surface area contributed by atoms with Crippen LogP contribution in [0.25, 0.3) is 0 Å². The van der Waals surface area contributed by atoms with Crippen LogP contribution in [0, 0.1) is 29.1 Å². The fourth-order valence-corrected chi connectivity index (χ4v) is 5.90. The molecule has 2 N–H and O–H groups in total. The number of aliphatic hydroxyl groups is 2. The van der Waals surface area contributed by atoms with Gasteiger partial charge in [0.2, 0.25) is 0 Å². The van der Waals surface area contributed by atoms with Crippen molar-refractivity contribution in [3.05, 3.63) is 24.3 Å². The zero-order valence-electron chi connectivity index (χ0n) is 15.9. The molecule has 0 aromatic heterocycles. The Morgan fingerprint density at radius 3 is 2.54 bits per heavy atom. The van der Waals surface area contributed by atoms with Gasteiger partial charge in [0.1, 0.15) is 0 Å². The lowest BCUT2D eigenvalue weighted by molar-refractivity contribution is -0.0119. The van der Waals surface area contributed by atoms with Gasteiger partial charge >= 0.3 is 0 Å². The molecule has 3 saturated carbocycles. The van der Waals surface area contributed by atoms with E-state index in [1.807, 2.05) is 19.1 Å². The van der Waals surface area contributed by atoms with Gasteiger partial charge in [0, 0.05) is 12.5 Å². The minimum atomic E-state index is -0.834. The number of rotatable bonds is 4. The predicted molar refractivity (Wildman–Crippen MR) is 96.5 cm³/mol. The maximum absolute atomic E-state index is 11.0. The van der Waals surface area contributed by atoms with Gasteiger partial charge in [-0.15, -0.1) is 0 Å². The van der Waals surface area contributed by atoms with Crippen molar-refractivity contribution in [2.45, 2.75) is 70.7 Å². The molecule has 7 atom stereocenters. The van der Waals surface area contributed by atoms with Crippen LogP contribution >= 0.6 is 0 Å². The molecule has 0 amide bonds. The molecular weight excluding hydrogens is 300 g/mol. The third kappa shape index (κ3) is 2.79. The van der Waals surface area contributed by atoms with Crippen LogP contribution in [0.3, 0.4) is 0 Å². The molecule has 3 nitrogen and oxygen atoms in total. The molecule has 136 valence electrons. The summed E-state index contributed by atoms with van der Waals surface area (Å²) >= 11 is 0. The molecule has 3 heteroatoms. The highest BCUT2D eigenvalue weighted by Crippen LogP contribution is 2.73. The lowest BCUT2D eigenvalue weighted by Gasteiger charge is -2.33. The monoisotopic (exact) mass is 334 g/mol. The first-order valence-corrected chi connectivity index (χ1v) is 9.37. The van der Waals surface area contributed by atoms with Crippen molar-refractivity contribution in [1.82, 2.24) is 0 Å². The topological polar surface area (TPSA) is 49.7 Å². The molecule has 3 fully saturated rings. The lowest BCUT2D eigenvalue weighted by Crippen LogP contribution is -2.37. The largest absolute Gasteiger partial charge is 0.390 e. The lowest BCUT2D eigenvalue weighted by atomic mass is 9.76. The summed E-state index contributed by atoms with van der Waals surface area (Å²) in [6.45, 7) is 12.2. The molecule has 24 heavy (non-hydrogen) atoms. The number of allylic oxidation sites excluding steroid dienone is 1. The third-order valence-electron chi connectivity index (χ3n) is 7.19. The molecule has 0 saturated heterocycles. The van der Waals surface area contributed by atoms with E-state index in [-0.39, 0.29) is 17.4 Å². The Labute approximate surface area is 146 Å². The molecule has 0 spiro atoms. The Bertz CT molecular complexity index is 542. The molecule has 3 aliphatic carbocycles. The second-order valence-electron chi connectivity index (χ2n) is 9.39. The fourth-order valence-electron chi connectivity index (χ4n) is 5.90. The highest BCUT2D eigenvalue weighted by atomic mass is 16.5. The fraction of sp³-hybridized carbons (Fsp3) is 0.810. The average molecular weight is 335 g/mol. The minimum absolute atomic E-state index is 0.0256. The van der Waals surface area contributed by atoms with Crippen LogP contribution in [-0.4, -0.2) is 34.6 Å². The third-order valence-corrected chi connectivity index (χ3v) is 7.19. The summed E-state index contributed by atoms with van der Waals surface area (Å²) < 4.78 is 5.85. The van der Waals surface area contributed by atoms with E-state index in [0.717, 1.165) is 25.7 Å². The average Bonchev–Trinajstić information content (AvgIpc) is 2.96. The summed E-state index contributed by atoms with van der Waals surface area (Å²) in [6, 6.07) is 0. The number of hydrogen-bond acceptors (Lipinski definition) is 3. The van der Waals surface area contributed by atoms with Crippen LogP contribution in [0.4, 0.5) is 0 Å². The van der Waals surface area contributed by atoms with Crippen LogP contribution < -0.4 is 0 Å². The highest BCUT2D eigenvalue weighted by molar-refractivity contribution is 5.27. The summed E-state index contributed by atoms with van der Waals surface area (Å²) in [6.07, 6.45) is 7.99. The van der Waals surface area contributed by atoms with Gasteiger partial charge in [-0.25, -0.2) is 0 Å². The van der Waals surface area contributed by atoms with Crippen LogP contribution in [-0.2, 0) is 4.74 Å². The highest BCUT2D eigenvalue weighted by Gasteiger charge is 2.71. The Balaban J connectivity index is 1.90. The van der Waals surface area contributed by atoms with E-state index in [2.05, 4.69) is 13.5 Å². The van der Waals surface area contributed by atoms with Crippen molar-refractivity contribution in [1.29, 1.82) is 0 Å². The van der Waals surface area contributed by atoms with Gasteiger partial charge in [-0.3, -0.25) is 0 Å². The van der Waals surface area contributed by atoms with Crippen LogP contribution in [0.1, 0.15) is 53.4 Å². The van der Waals surface area contributed by atoms with Gasteiger partial charge in [0.25, 0.3) is 0 Å². The standard InChI is InChI=1S/C21H34O3/c1-13-7-8-15-18(17-14(13)9-12-20(17,4)23)21(15,5)16(24-6)10-11-19(2,3)22/h10-11,14-18,22-23H,1,7-9,12H2,2-6H3/t14-,15+,16-,17+,18+,20-,21+/m0/s1. The Morgan fingerprint density at radius 2 is 1.96 bits per heavy atom. The summed E-state index contributed by atoms with van der Waals surface area (Å²) in [7, 11) is 1.76. The molecule has 0 aliphatic heterocycles. The molecule has 0 heterocycles. The smallest absolute Gasteiger partial charge is 0.0812 e. The quantitative estimate of drug-likeness (QED) is 0.771. The molecular formula is C21H34O3. The summed E-state index contributed by atoms with van der Waals surface area (Å²) in [5.41, 5.74) is -0.0567. The molecule has 0 aromatic carbocycles. The minimum Gasteiger partial charge on any atom is -0.390 e. The predicted octanol–water partition coefficient (Wildman–Crippen LogP) is 3.71. The van der Waals surface area contributed by atoms with Crippen molar-refractivity contribution >= 4 is 0 Å². The Morgan fingerprint density at radius 1 is 1.29 bits per heavy atom. The SMILES string of the molecule is C=C1CC[C@@H]2[C@H]([C@H]3[C@H]1CC[C@]3(C)O)[C@@]2(C)[C@H](C=CC(C)(C)O)OC. The number of methoxy groups -OCH3 is 1. The molecule has 3 rings (SSSR count). The van der Waals surface area contributed by atoms with Crippen molar-refractivity contribution in [2.24, 2.45) is 29.1 Å². The van der Waals surface area contributed by atoms with Crippen molar-refractivity contribution in [3.8, 4) is 0 Å². The Hall–Kier alpha value is -0.640. The van der Waals surface area contributed by atoms with Crippen molar-refractivity contribution in [3.63, 3.8) is 0 Å². The van der Waals surface area contributed by atoms with Gasteiger partial charge in [-0.2, -0.15) is 0 Å². The summed E-state index contributed by atoms with van der Waals surface area (Å²) in [5, 5.41) is 21.1. The maximum atomic E-state index is 11.0. The van der Waals surface area contributed by atoms with E-state index in [1.165, 1.54) is 5.57 Å². The van der Waals surface area contributed by atoms with E-state index in [0.29, 0.717) is 17.8 Å². The van der Waals surface area contributed by atoms with E-state index < -0.39 is 11.2 Å². The summed E-state index contributed by atoms with van der Waals surface area (Å²) in [5.74, 6) is 1.77. The van der Waals surface area contributed by atoms with Crippen molar-refractivity contribution in [2.75, 3.05) is 7.11 Å². The van der Waals surface area contributed by atoms with E-state index in [9.17, 15) is 10.2 Å². The first-order chi connectivity index (χ1) is 11.0. The van der Waals surface area contributed by atoms with Crippen molar-refractivity contribution < 1.29 is 14.9 Å². The van der Waals surface area contributed by atoms with Gasteiger partial charge in [-0.1, -0.05) is 31.2 Å². The van der Waals surface area contributed by atoms with Crippen LogP contribution in [0.15, 0.2) is 24.3 Å². The number of hydrogen-bond donors (Lipinski definition) is 2. The van der Waals surface area contributed by atoms with E-state index in [4.69, 9.17) is 4.74 Å².